The molecule has 0 radical (unpaired) electrons. The van der Waals surface area contributed by atoms with Crippen molar-refractivity contribution in [1.29, 1.82) is 0 Å². The van der Waals surface area contributed by atoms with Crippen LogP contribution in [0.5, 0.6) is 0 Å². The van der Waals surface area contributed by atoms with Crippen molar-refractivity contribution in [2.75, 3.05) is 0 Å². The molecule has 0 bridgehead atoms. The first kappa shape index (κ1) is 22.3. The zero-order chi connectivity index (χ0) is 39.1. The maximum absolute atomic E-state index is 9.64. The van der Waals surface area contributed by atoms with Crippen molar-refractivity contribution < 1.29 is 9.60 Å². The highest BCUT2D eigenvalue weighted by molar-refractivity contribution is 7.25. The largest absolute Gasteiger partial charge is 0.309 e. The van der Waals surface area contributed by atoms with Gasteiger partial charge in [-0.3, -0.25) is 0 Å². The van der Waals surface area contributed by atoms with E-state index in [0.29, 0.717) is 28.7 Å². The standard InChI is InChI=1S/C45H28N4S/c1-4-12-29(13-5-1)43-46-44(30-14-6-2-7-15-30)48-45(47-43)33-22-25-42-38(28-33)37-27-32(21-24-41(37)50-42)31-20-23-40-36(26-31)35-18-10-11-19-39(35)49(40)34-16-8-3-9-17-34/h1-28H/i10D,11D,18D,19D,20D,23D,26D. The Balaban J connectivity index is 1.19. The normalized spacial score (nSPS) is 13.6. The lowest BCUT2D eigenvalue weighted by molar-refractivity contribution is 1.07. The fraction of sp³-hybridized carbons (Fsp3) is 0. The van der Waals surface area contributed by atoms with Crippen molar-refractivity contribution in [3.8, 4) is 51.0 Å². The minimum Gasteiger partial charge on any atom is -0.309 e. The minimum atomic E-state index is -0.422. The van der Waals surface area contributed by atoms with Gasteiger partial charge in [0, 0.05) is 53.3 Å². The van der Waals surface area contributed by atoms with Gasteiger partial charge >= 0.3 is 0 Å². The van der Waals surface area contributed by atoms with Crippen LogP contribution >= 0.6 is 11.3 Å². The molecule has 0 spiro atoms. The molecule has 0 aliphatic rings. The van der Waals surface area contributed by atoms with Crippen molar-refractivity contribution in [2.24, 2.45) is 0 Å². The summed E-state index contributed by atoms with van der Waals surface area (Å²) in [4.78, 5) is 14.7. The van der Waals surface area contributed by atoms with Crippen LogP contribution in [0.25, 0.3) is 93.0 Å². The maximum atomic E-state index is 9.64. The number of aromatic nitrogens is 4. The lowest BCUT2D eigenvalue weighted by Gasteiger charge is -2.09. The Morgan fingerprint density at radius 2 is 0.980 bits per heavy atom. The van der Waals surface area contributed by atoms with E-state index in [1.165, 1.54) is 0 Å². The van der Waals surface area contributed by atoms with Gasteiger partial charge in [0.05, 0.1) is 20.6 Å². The number of benzene rings is 7. The van der Waals surface area contributed by atoms with Gasteiger partial charge in [0.2, 0.25) is 0 Å². The molecule has 50 heavy (non-hydrogen) atoms. The van der Waals surface area contributed by atoms with Crippen molar-refractivity contribution in [1.82, 2.24) is 19.5 Å². The molecule has 0 aliphatic carbocycles. The van der Waals surface area contributed by atoms with Crippen LogP contribution in [0.15, 0.2) is 170 Å². The smallest absolute Gasteiger partial charge is 0.164 e. The molecule has 4 nitrogen and oxygen atoms in total. The Bertz CT molecular complexity index is 3200. The van der Waals surface area contributed by atoms with Crippen LogP contribution in [0.2, 0.25) is 0 Å². The van der Waals surface area contributed by atoms with Crippen LogP contribution in [-0.2, 0) is 0 Å². The summed E-state index contributed by atoms with van der Waals surface area (Å²) in [6.45, 7) is 0. The molecule has 0 saturated heterocycles. The molecular formula is C45H28N4S. The third-order valence-electron chi connectivity index (χ3n) is 8.89. The van der Waals surface area contributed by atoms with Crippen molar-refractivity contribution in [3.05, 3.63) is 170 Å². The van der Waals surface area contributed by atoms with E-state index in [1.807, 2.05) is 91.0 Å². The second-order valence-electron chi connectivity index (χ2n) is 11.9. The summed E-state index contributed by atoms with van der Waals surface area (Å²) in [5.41, 5.74) is 4.22. The quantitative estimate of drug-likeness (QED) is 0.184. The minimum absolute atomic E-state index is 0.0812. The lowest BCUT2D eigenvalue weighted by Crippen LogP contribution is -2.00. The Hall–Kier alpha value is -6.43. The van der Waals surface area contributed by atoms with E-state index in [2.05, 4.69) is 12.1 Å². The Labute approximate surface area is 302 Å². The van der Waals surface area contributed by atoms with Gasteiger partial charge in [0.25, 0.3) is 0 Å². The predicted octanol–water partition coefficient (Wildman–Crippen LogP) is 12.0. The molecule has 3 aromatic heterocycles. The van der Waals surface area contributed by atoms with Crippen molar-refractivity contribution >= 4 is 53.3 Å². The van der Waals surface area contributed by atoms with Gasteiger partial charge in [0.1, 0.15) is 0 Å². The molecule has 0 fully saturated rings. The van der Waals surface area contributed by atoms with E-state index >= 15 is 0 Å². The fourth-order valence-electron chi connectivity index (χ4n) is 6.50. The summed E-state index contributed by atoms with van der Waals surface area (Å²) in [5.74, 6) is 1.64. The van der Waals surface area contributed by atoms with Crippen LogP contribution in [0.3, 0.4) is 0 Å². The molecule has 0 aliphatic heterocycles. The van der Waals surface area contributed by atoms with Crippen LogP contribution in [0.1, 0.15) is 9.60 Å². The number of nitrogens with zero attached hydrogens (tertiary/aromatic N) is 4. The SMILES string of the molecule is [2H]c1c([2H])c([2H])c2c(c1[2H])c1c([2H])c(-c3ccc4sc5ccc(-c6nc(-c7ccccc7)nc(-c7ccccc7)n6)cc5c4c3)c([2H])c([2H])c1n2-c1ccccc1. The van der Waals surface area contributed by atoms with Crippen LogP contribution < -0.4 is 0 Å². The summed E-state index contributed by atoms with van der Waals surface area (Å²) < 4.78 is 66.8. The fourth-order valence-corrected chi connectivity index (χ4v) is 7.57. The van der Waals surface area contributed by atoms with E-state index < -0.39 is 12.1 Å². The highest BCUT2D eigenvalue weighted by Gasteiger charge is 2.16. The van der Waals surface area contributed by atoms with Gasteiger partial charge in [-0.05, 0) is 71.7 Å². The molecule has 10 aromatic rings. The third kappa shape index (κ3) is 4.79. The molecule has 0 unspecified atom stereocenters. The van der Waals surface area contributed by atoms with E-state index in [4.69, 9.17) is 20.4 Å². The average Bonchev–Trinajstić information content (AvgIpc) is 3.81. The first-order valence-corrected chi connectivity index (χ1v) is 16.9. The monoisotopic (exact) mass is 663 g/mol. The number of hydrogen-bond acceptors (Lipinski definition) is 4. The topological polar surface area (TPSA) is 43.6 Å². The summed E-state index contributed by atoms with van der Waals surface area (Å²) in [5, 5.41) is 2.19. The van der Waals surface area contributed by atoms with Gasteiger partial charge in [-0.15, -0.1) is 11.3 Å². The first-order valence-electron chi connectivity index (χ1n) is 19.6. The van der Waals surface area contributed by atoms with Gasteiger partial charge in [-0.2, -0.15) is 0 Å². The van der Waals surface area contributed by atoms with Crippen LogP contribution in [-0.4, -0.2) is 19.5 Å². The molecule has 0 atom stereocenters. The van der Waals surface area contributed by atoms with E-state index in [0.717, 1.165) is 36.9 Å². The highest BCUT2D eigenvalue weighted by atomic mass is 32.1. The van der Waals surface area contributed by atoms with Gasteiger partial charge in [-0.25, -0.2) is 15.0 Å². The molecule has 3 heterocycles. The molecule has 0 N–H and O–H groups in total. The number of fused-ring (bicyclic) bond motifs is 6. The maximum Gasteiger partial charge on any atom is 0.164 e. The lowest BCUT2D eigenvalue weighted by atomic mass is 10.00. The number of para-hydroxylation sites is 2. The third-order valence-corrected chi connectivity index (χ3v) is 10.0. The molecule has 10 rings (SSSR count). The highest BCUT2D eigenvalue weighted by Crippen LogP contribution is 2.40. The van der Waals surface area contributed by atoms with Crippen molar-refractivity contribution in [2.45, 2.75) is 0 Å². The summed E-state index contributed by atoms with van der Waals surface area (Å²) in [6.07, 6.45) is 0. The van der Waals surface area contributed by atoms with Gasteiger partial charge in [0.15, 0.2) is 17.5 Å². The van der Waals surface area contributed by atoms with E-state index in [1.54, 1.807) is 40.2 Å². The predicted molar refractivity (Wildman–Crippen MR) is 209 cm³/mol. The Kier molecular flexibility index (Phi) is 5.17. The Morgan fingerprint density at radius 1 is 0.440 bits per heavy atom. The average molecular weight is 664 g/mol. The molecule has 234 valence electrons. The van der Waals surface area contributed by atoms with Crippen molar-refractivity contribution in [3.63, 3.8) is 0 Å². The molecule has 5 heteroatoms. The zero-order valence-corrected chi connectivity index (χ0v) is 27.1. The van der Waals surface area contributed by atoms with E-state index in [9.17, 15) is 4.11 Å². The molecular weight excluding hydrogens is 629 g/mol. The van der Waals surface area contributed by atoms with E-state index in [-0.39, 0.29) is 57.6 Å². The second-order valence-corrected chi connectivity index (χ2v) is 13.0. The van der Waals surface area contributed by atoms with Gasteiger partial charge in [-0.1, -0.05) is 109 Å². The molecule has 7 aromatic carbocycles. The number of rotatable bonds is 5. The molecule has 0 amide bonds. The van der Waals surface area contributed by atoms with Crippen LogP contribution in [0.4, 0.5) is 0 Å². The number of hydrogen-bond donors (Lipinski definition) is 0. The summed E-state index contributed by atoms with van der Waals surface area (Å²) >= 11 is 1.62. The molecule has 0 saturated carbocycles. The number of thiophene rings is 1. The second kappa shape index (κ2) is 11.6. The first-order chi connectivity index (χ1) is 27.7. The Morgan fingerprint density at radius 3 is 1.64 bits per heavy atom. The summed E-state index contributed by atoms with van der Waals surface area (Å²) in [6, 6.07) is 38.7. The zero-order valence-electron chi connectivity index (χ0n) is 33.3. The van der Waals surface area contributed by atoms with Crippen LogP contribution in [0, 0.1) is 0 Å². The van der Waals surface area contributed by atoms with Gasteiger partial charge < -0.3 is 4.57 Å². The summed E-state index contributed by atoms with van der Waals surface area (Å²) in [7, 11) is 0.